The maximum absolute atomic E-state index is 15.1. The van der Waals surface area contributed by atoms with Gasteiger partial charge in [0.25, 0.3) is 5.91 Å². The number of halogens is 3. The molecule has 4 rings (SSSR count). The first-order valence-corrected chi connectivity index (χ1v) is 12.6. The second-order valence-electron chi connectivity index (χ2n) is 8.29. The van der Waals surface area contributed by atoms with Gasteiger partial charge in [0, 0.05) is 12.6 Å². The number of alkyl halides is 2. The molecule has 1 unspecified atom stereocenters. The van der Waals surface area contributed by atoms with Crippen LogP contribution in [0.2, 0.25) is 0 Å². The molecule has 3 aromatic rings. The van der Waals surface area contributed by atoms with Crippen molar-refractivity contribution in [1.82, 2.24) is 4.90 Å². The number of rotatable bonds is 7. The number of nitrogens with zero attached hydrogens (tertiary/aromatic N) is 3. The minimum absolute atomic E-state index is 0.00535. The predicted octanol–water partition coefficient (Wildman–Crippen LogP) is 3.33. The summed E-state index contributed by atoms with van der Waals surface area (Å²) in [5.41, 5.74) is 4.56. The number of hydrogen-bond donors (Lipinski definition) is 1. The third-order valence-corrected chi connectivity index (χ3v) is 6.21. The summed E-state index contributed by atoms with van der Waals surface area (Å²) in [6.45, 7) is -3.05. The molecule has 9 nitrogen and oxygen atoms in total. The lowest BCUT2D eigenvalue weighted by Gasteiger charge is -2.27. The molecule has 0 saturated heterocycles. The Hall–Kier alpha value is -4.57. The van der Waals surface area contributed by atoms with Crippen LogP contribution < -0.4 is 14.7 Å². The molecule has 0 aliphatic carbocycles. The van der Waals surface area contributed by atoms with Gasteiger partial charge in [0.2, 0.25) is 0 Å². The molecular formula is C25H19F3N4O5S. The zero-order valence-electron chi connectivity index (χ0n) is 19.9. The van der Waals surface area contributed by atoms with Crippen LogP contribution in [0, 0.1) is 17.1 Å². The standard InChI is InChI=1S/C25H19F3N4O5S/c1-32-22(33)25(31-24(32)30,16-3-6-18(7-4-16)36-23(27)28)17-5-8-21(26)20(12-17)15-9-14(13-29)10-19(11-15)37-38(2,34)35/h3-12,23H,1-2H3,(H2,30,31). The van der Waals surface area contributed by atoms with Gasteiger partial charge in [-0.1, -0.05) is 18.2 Å². The fourth-order valence-electron chi connectivity index (χ4n) is 4.08. The van der Waals surface area contributed by atoms with Crippen LogP contribution in [-0.2, 0) is 20.5 Å². The number of benzene rings is 3. The van der Waals surface area contributed by atoms with Crippen LogP contribution in [0.1, 0.15) is 16.7 Å². The van der Waals surface area contributed by atoms with Gasteiger partial charge in [-0.25, -0.2) is 9.38 Å². The molecule has 1 atom stereocenters. The molecule has 0 saturated carbocycles. The van der Waals surface area contributed by atoms with Gasteiger partial charge in [-0.05, 0) is 59.2 Å². The average molecular weight is 545 g/mol. The first-order valence-electron chi connectivity index (χ1n) is 10.8. The summed E-state index contributed by atoms with van der Waals surface area (Å²) < 4.78 is 72.9. The van der Waals surface area contributed by atoms with E-state index in [1.54, 1.807) is 0 Å². The smallest absolute Gasteiger partial charge is 0.387 e. The van der Waals surface area contributed by atoms with Crippen molar-refractivity contribution >= 4 is 22.0 Å². The number of carbonyl (C=O) groups excluding carboxylic acids is 1. The molecule has 1 heterocycles. The van der Waals surface area contributed by atoms with Crippen molar-refractivity contribution in [3.8, 4) is 28.7 Å². The van der Waals surface area contributed by atoms with Gasteiger partial charge >= 0.3 is 16.7 Å². The van der Waals surface area contributed by atoms with Crippen LogP contribution in [0.3, 0.4) is 0 Å². The second kappa shape index (κ2) is 9.71. The van der Waals surface area contributed by atoms with Crippen LogP contribution in [0.25, 0.3) is 11.1 Å². The van der Waals surface area contributed by atoms with Crippen molar-refractivity contribution in [2.75, 3.05) is 13.3 Å². The van der Waals surface area contributed by atoms with Crippen LogP contribution >= 0.6 is 0 Å². The Morgan fingerprint density at radius 3 is 2.26 bits per heavy atom. The summed E-state index contributed by atoms with van der Waals surface area (Å²) in [6.07, 6.45) is 0.818. The summed E-state index contributed by atoms with van der Waals surface area (Å²) >= 11 is 0. The van der Waals surface area contributed by atoms with E-state index >= 15 is 4.39 Å². The zero-order chi connectivity index (χ0) is 27.8. The second-order valence-corrected chi connectivity index (χ2v) is 9.86. The Balaban J connectivity index is 1.91. The molecule has 13 heteroatoms. The fourth-order valence-corrected chi connectivity index (χ4v) is 4.52. The summed E-state index contributed by atoms with van der Waals surface area (Å²) in [4.78, 5) is 19.0. The Bertz CT molecular complexity index is 1600. The molecule has 1 aliphatic heterocycles. The van der Waals surface area contributed by atoms with Gasteiger partial charge in [0.15, 0.2) is 11.5 Å². The Labute approximate surface area is 215 Å². The molecule has 0 bridgehead atoms. The molecule has 0 aromatic heterocycles. The number of guanidine groups is 1. The first kappa shape index (κ1) is 26.5. The SMILES string of the molecule is CN1C(=O)C(c2ccc(OC(F)F)cc2)(c2ccc(F)c(-c3cc(C#N)cc(OS(C)(=O)=O)c3)c2)N=C1N. The van der Waals surface area contributed by atoms with Gasteiger partial charge in [0.05, 0.1) is 17.9 Å². The number of amides is 1. The normalized spacial score (nSPS) is 17.3. The highest BCUT2D eigenvalue weighted by Gasteiger charge is 2.49. The van der Waals surface area contributed by atoms with E-state index in [9.17, 15) is 27.3 Å². The third-order valence-electron chi connectivity index (χ3n) is 5.72. The monoisotopic (exact) mass is 544 g/mol. The number of hydrogen-bond acceptors (Lipinski definition) is 8. The predicted molar refractivity (Wildman–Crippen MR) is 130 cm³/mol. The molecule has 38 heavy (non-hydrogen) atoms. The van der Waals surface area contributed by atoms with Crippen molar-refractivity contribution in [2.45, 2.75) is 12.2 Å². The molecule has 1 aliphatic rings. The third kappa shape index (κ3) is 4.98. The van der Waals surface area contributed by atoms with Crippen LogP contribution in [0.4, 0.5) is 13.2 Å². The average Bonchev–Trinajstić information content (AvgIpc) is 3.07. The van der Waals surface area contributed by atoms with E-state index in [0.29, 0.717) is 0 Å². The molecule has 0 spiro atoms. The van der Waals surface area contributed by atoms with Crippen molar-refractivity contribution in [3.05, 3.63) is 83.2 Å². The van der Waals surface area contributed by atoms with Gasteiger partial charge < -0.3 is 14.7 Å². The van der Waals surface area contributed by atoms with Crippen LogP contribution in [-0.4, -0.2) is 45.1 Å². The van der Waals surface area contributed by atoms with E-state index in [0.717, 1.165) is 17.2 Å². The summed E-state index contributed by atoms with van der Waals surface area (Å²) in [5, 5.41) is 9.40. The lowest BCUT2D eigenvalue weighted by Crippen LogP contribution is -2.41. The van der Waals surface area contributed by atoms with Crippen LogP contribution in [0.15, 0.2) is 65.7 Å². The number of aliphatic imine (C=N–C) groups is 1. The lowest BCUT2D eigenvalue weighted by molar-refractivity contribution is -0.129. The van der Waals surface area contributed by atoms with Crippen molar-refractivity contribution in [1.29, 1.82) is 5.26 Å². The van der Waals surface area contributed by atoms with Gasteiger partial charge in [-0.15, -0.1) is 0 Å². The van der Waals surface area contributed by atoms with E-state index in [1.165, 1.54) is 61.6 Å². The lowest BCUT2D eigenvalue weighted by atomic mass is 9.81. The molecular weight excluding hydrogens is 525 g/mol. The van der Waals surface area contributed by atoms with E-state index < -0.39 is 34.0 Å². The van der Waals surface area contributed by atoms with Crippen LogP contribution in [0.5, 0.6) is 11.5 Å². The molecule has 0 radical (unpaired) electrons. The van der Waals surface area contributed by atoms with E-state index in [2.05, 4.69) is 9.73 Å². The highest BCUT2D eigenvalue weighted by atomic mass is 32.2. The number of ether oxygens (including phenoxy) is 1. The van der Waals surface area contributed by atoms with Gasteiger partial charge in [-0.2, -0.15) is 22.5 Å². The minimum Gasteiger partial charge on any atom is -0.435 e. The maximum atomic E-state index is 15.1. The molecule has 3 aromatic carbocycles. The maximum Gasteiger partial charge on any atom is 0.387 e. The van der Waals surface area contributed by atoms with Crippen molar-refractivity contribution in [3.63, 3.8) is 0 Å². The number of nitrogens with two attached hydrogens (primary N) is 1. The van der Waals surface area contributed by atoms with Crippen molar-refractivity contribution < 1.29 is 35.3 Å². The number of nitriles is 1. The Morgan fingerprint density at radius 1 is 1.05 bits per heavy atom. The van der Waals surface area contributed by atoms with Crippen molar-refractivity contribution in [2.24, 2.45) is 10.7 Å². The Morgan fingerprint density at radius 2 is 1.71 bits per heavy atom. The first-order chi connectivity index (χ1) is 17.8. The zero-order valence-corrected chi connectivity index (χ0v) is 20.7. The molecule has 196 valence electrons. The quantitative estimate of drug-likeness (QED) is 0.451. The van der Waals surface area contributed by atoms with Gasteiger partial charge in [0.1, 0.15) is 17.3 Å². The molecule has 1 amide bonds. The Kier molecular flexibility index (Phi) is 6.77. The van der Waals surface area contributed by atoms with E-state index in [1.807, 2.05) is 6.07 Å². The highest BCUT2D eigenvalue weighted by Crippen LogP contribution is 2.42. The topological polar surface area (TPSA) is 135 Å². The minimum atomic E-state index is -3.95. The molecule has 0 fully saturated rings. The molecule has 2 N–H and O–H groups in total. The number of carbonyl (C=O) groups is 1. The fraction of sp³-hybridized carbons (Fsp3) is 0.160. The summed E-state index contributed by atoms with van der Waals surface area (Å²) in [6, 6.07) is 14.5. The van der Waals surface area contributed by atoms with E-state index in [4.69, 9.17) is 9.92 Å². The highest BCUT2D eigenvalue weighted by molar-refractivity contribution is 7.86. The summed E-state index contributed by atoms with van der Waals surface area (Å²) in [7, 11) is -2.56. The van der Waals surface area contributed by atoms with Gasteiger partial charge in [-0.3, -0.25) is 9.69 Å². The van der Waals surface area contributed by atoms with E-state index in [-0.39, 0.29) is 45.3 Å². The summed E-state index contributed by atoms with van der Waals surface area (Å²) in [5.74, 6) is -1.84. The largest absolute Gasteiger partial charge is 0.435 e. The number of likely N-dealkylation sites (N-methyl/N-ethyl adjacent to an activating group) is 1.